The van der Waals surface area contributed by atoms with Crippen LogP contribution in [0.5, 0.6) is 0 Å². The molecule has 0 spiro atoms. The molecule has 2 unspecified atom stereocenters. The van der Waals surface area contributed by atoms with Crippen molar-refractivity contribution in [2.45, 2.75) is 53.0 Å². The third kappa shape index (κ3) is 3.62. The molecule has 2 atom stereocenters. The number of hydrogen-bond acceptors (Lipinski definition) is 4. The Kier molecular flexibility index (Phi) is 4.40. The van der Waals surface area contributed by atoms with Crippen LogP contribution in [0.4, 0.5) is 0 Å². The number of aromatic nitrogens is 1. The van der Waals surface area contributed by atoms with Crippen molar-refractivity contribution in [3.63, 3.8) is 0 Å². The van der Waals surface area contributed by atoms with E-state index >= 15 is 0 Å². The smallest absolute Gasteiger partial charge is 0.276 e. The van der Waals surface area contributed by atoms with Crippen LogP contribution in [0.15, 0.2) is 10.6 Å². The average molecular weight is 333 g/mol. The summed E-state index contributed by atoms with van der Waals surface area (Å²) in [6.07, 6.45) is 3.28. The van der Waals surface area contributed by atoms with Gasteiger partial charge in [0.2, 0.25) is 5.91 Å². The summed E-state index contributed by atoms with van der Waals surface area (Å²) in [5.41, 5.74) is 0.594. The van der Waals surface area contributed by atoms with Gasteiger partial charge in [-0.3, -0.25) is 9.59 Å². The second kappa shape index (κ2) is 6.22. The number of aryl methyl sites for hydroxylation is 1. The normalized spacial score (nSPS) is 26.8. The molecule has 1 N–H and O–H groups in total. The molecule has 24 heavy (non-hydrogen) atoms. The number of nitrogens with zero attached hydrogens (tertiary/aromatic N) is 2. The highest BCUT2D eigenvalue weighted by molar-refractivity contribution is 5.94. The predicted octanol–water partition coefficient (Wildman–Crippen LogP) is 2.39. The fourth-order valence-electron chi connectivity index (χ4n) is 4.21. The first-order valence-corrected chi connectivity index (χ1v) is 8.76. The number of amides is 2. The summed E-state index contributed by atoms with van der Waals surface area (Å²) in [4.78, 5) is 26.3. The molecule has 1 aromatic heterocycles. The number of carbonyl (C=O) groups excluding carboxylic acids is 2. The van der Waals surface area contributed by atoms with Crippen molar-refractivity contribution in [1.29, 1.82) is 0 Å². The molecule has 132 valence electrons. The van der Waals surface area contributed by atoms with E-state index in [0.717, 1.165) is 12.8 Å². The summed E-state index contributed by atoms with van der Waals surface area (Å²) >= 11 is 0. The number of carbonyl (C=O) groups is 2. The molecule has 2 heterocycles. The second-order valence-corrected chi connectivity index (χ2v) is 8.35. The van der Waals surface area contributed by atoms with E-state index in [-0.39, 0.29) is 29.2 Å². The van der Waals surface area contributed by atoms with Crippen molar-refractivity contribution in [2.75, 3.05) is 13.1 Å². The highest BCUT2D eigenvalue weighted by atomic mass is 16.5. The maximum Gasteiger partial charge on any atom is 0.276 e. The van der Waals surface area contributed by atoms with Gasteiger partial charge in [-0.2, -0.15) is 0 Å². The number of hydrogen-bond donors (Lipinski definition) is 1. The van der Waals surface area contributed by atoms with Gasteiger partial charge in [-0.15, -0.1) is 0 Å². The third-order valence-electron chi connectivity index (χ3n) is 5.12. The van der Waals surface area contributed by atoms with Crippen LogP contribution in [-0.2, 0) is 4.79 Å². The highest BCUT2D eigenvalue weighted by Crippen LogP contribution is 2.38. The van der Waals surface area contributed by atoms with Crippen LogP contribution in [-0.4, -0.2) is 41.0 Å². The van der Waals surface area contributed by atoms with E-state index in [4.69, 9.17) is 4.52 Å². The van der Waals surface area contributed by atoms with E-state index in [1.807, 2.05) is 0 Å². The van der Waals surface area contributed by atoms with Crippen molar-refractivity contribution in [3.8, 4) is 0 Å². The Morgan fingerprint density at radius 1 is 1.33 bits per heavy atom. The maximum absolute atomic E-state index is 12.4. The molecule has 0 radical (unpaired) electrons. The van der Waals surface area contributed by atoms with Gasteiger partial charge in [0.1, 0.15) is 5.76 Å². The molecule has 1 saturated heterocycles. The second-order valence-electron chi connectivity index (χ2n) is 8.35. The Morgan fingerprint density at radius 2 is 2.04 bits per heavy atom. The summed E-state index contributed by atoms with van der Waals surface area (Å²) in [6, 6.07) is 1.88. The van der Waals surface area contributed by atoms with Gasteiger partial charge in [-0.05, 0) is 37.5 Å². The lowest BCUT2D eigenvalue weighted by Crippen LogP contribution is -2.57. The summed E-state index contributed by atoms with van der Waals surface area (Å²) < 4.78 is 4.93. The van der Waals surface area contributed by atoms with Crippen LogP contribution in [0.1, 0.15) is 56.3 Å². The van der Waals surface area contributed by atoms with Gasteiger partial charge in [0.25, 0.3) is 5.91 Å². The van der Waals surface area contributed by atoms with Crippen LogP contribution in [0, 0.1) is 24.2 Å². The molecule has 2 fully saturated rings. The monoisotopic (exact) mass is 333 g/mol. The van der Waals surface area contributed by atoms with Crippen LogP contribution in [0.2, 0.25) is 0 Å². The lowest BCUT2D eigenvalue weighted by Gasteiger charge is -2.42. The Morgan fingerprint density at radius 3 is 2.62 bits per heavy atom. The molecular formula is C18H27N3O3. The molecule has 6 nitrogen and oxygen atoms in total. The molecule has 6 heteroatoms. The minimum atomic E-state index is -0.164. The topological polar surface area (TPSA) is 75.4 Å². The lowest BCUT2D eigenvalue weighted by molar-refractivity contribution is -0.130. The van der Waals surface area contributed by atoms with Gasteiger partial charge in [-0.1, -0.05) is 25.9 Å². The summed E-state index contributed by atoms with van der Waals surface area (Å²) in [7, 11) is 0. The zero-order valence-corrected chi connectivity index (χ0v) is 15.0. The summed E-state index contributed by atoms with van der Waals surface area (Å²) in [5, 5.41) is 6.94. The lowest BCUT2D eigenvalue weighted by atomic mass is 9.70. The molecule has 3 rings (SSSR count). The van der Waals surface area contributed by atoms with Crippen LogP contribution >= 0.6 is 0 Å². The van der Waals surface area contributed by atoms with Gasteiger partial charge in [0.05, 0.1) is 5.92 Å². The molecule has 2 amide bonds. The van der Waals surface area contributed by atoms with Gasteiger partial charge in [0, 0.05) is 25.2 Å². The van der Waals surface area contributed by atoms with E-state index in [1.165, 1.54) is 6.42 Å². The predicted molar refractivity (Wildman–Crippen MR) is 89.4 cm³/mol. The molecule has 0 aromatic carbocycles. The molecule has 1 saturated carbocycles. The molecule has 1 aliphatic carbocycles. The maximum atomic E-state index is 12.4. The van der Waals surface area contributed by atoms with E-state index < -0.39 is 0 Å². The first kappa shape index (κ1) is 17.0. The molecule has 0 bridgehead atoms. The van der Waals surface area contributed by atoms with Gasteiger partial charge >= 0.3 is 0 Å². The fourth-order valence-corrected chi connectivity index (χ4v) is 4.21. The summed E-state index contributed by atoms with van der Waals surface area (Å²) in [6.45, 7) is 9.47. The van der Waals surface area contributed by atoms with Crippen molar-refractivity contribution in [2.24, 2.45) is 17.3 Å². The first-order chi connectivity index (χ1) is 11.2. The largest absolute Gasteiger partial charge is 0.361 e. The van der Waals surface area contributed by atoms with Crippen molar-refractivity contribution in [1.82, 2.24) is 15.4 Å². The highest BCUT2D eigenvalue weighted by Gasteiger charge is 2.39. The Bertz CT molecular complexity index is 631. The molecule has 2 aliphatic rings. The van der Waals surface area contributed by atoms with Crippen molar-refractivity contribution >= 4 is 11.8 Å². The molecular weight excluding hydrogens is 306 g/mol. The van der Waals surface area contributed by atoms with Gasteiger partial charge in [-0.25, -0.2) is 0 Å². The van der Waals surface area contributed by atoms with Crippen LogP contribution < -0.4 is 5.32 Å². The van der Waals surface area contributed by atoms with Gasteiger partial charge in [0.15, 0.2) is 5.69 Å². The number of likely N-dealkylation sites (tertiary alicyclic amines) is 1. The Labute approximate surface area is 142 Å². The van der Waals surface area contributed by atoms with Crippen LogP contribution in [0.3, 0.4) is 0 Å². The average Bonchev–Trinajstić information content (AvgIpc) is 2.80. The molecule has 1 aliphatic heterocycles. The number of nitrogens with one attached hydrogen (secondary N) is 1. The Balaban J connectivity index is 1.49. The minimum absolute atomic E-state index is 0.0743. The quantitative estimate of drug-likeness (QED) is 0.921. The minimum Gasteiger partial charge on any atom is -0.361 e. The zero-order valence-electron chi connectivity index (χ0n) is 15.0. The van der Waals surface area contributed by atoms with E-state index in [9.17, 15) is 9.59 Å². The van der Waals surface area contributed by atoms with Crippen LogP contribution in [0.25, 0.3) is 0 Å². The van der Waals surface area contributed by atoms with E-state index in [0.29, 0.717) is 30.5 Å². The van der Waals surface area contributed by atoms with E-state index in [1.54, 1.807) is 17.9 Å². The van der Waals surface area contributed by atoms with Crippen molar-refractivity contribution in [3.05, 3.63) is 17.5 Å². The fraction of sp³-hybridized carbons (Fsp3) is 0.722. The summed E-state index contributed by atoms with van der Waals surface area (Å²) in [5.74, 6) is 1.05. The number of rotatable bonds is 3. The van der Waals surface area contributed by atoms with E-state index in [2.05, 4.69) is 31.2 Å². The molecule has 1 aromatic rings. The SMILES string of the molecule is Cc1cc(C(=O)N2CC(C(=O)NC3CC(C)CC(C)(C)C3)C2)no1. The van der Waals surface area contributed by atoms with Crippen molar-refractivity contribution < 1.29 is 14.1 Å². The zero-order chi connectivity index (χ0) is 17.5. The standard InChI is InChI=1S/C18H27N3O3/c1-11-5-14(8-18(3,4)7-11)19-16(22)13-9-21(10-13)17(23)15-6-12(2)24-20-15/h6,11,13-14H,5,7-10H2,1-4H3,(H,19,22). The third-order valence-corrected chi connectivity index (χ3v) is 5.12. The first-order valence-electron chi connectivity index (χ1n) is 8.76. The van der Waals surface area contributed by atoms with Gasteiger partial charge < -0.3 is 14.7 Å². The Hall–Kier alpha value is -1.85.